The molecule has 1 aliphatic rings. The molecule has 1 saturated heterocycles. The van der Waals surface area contributed by atoms with Crippen LogP contribution in [0.15, 0.2) is 80.9 Å². The number of rotatable bonds is 7. The largest absolute Gasteiger partial charge is 0.453 e. The molecule has 3 aromatic heterocycles. The molecule has 0 saturated carbocycles. The summed E-state index contributed by atoms with van der Waals surface area (Å²) in [6, 6.07) is 17.7. The van der Waals surface area contributed by atoms with E-state index in [1.54, 1.807) is 42.5 Å². The Labute approximate surface area is 221 Å². The van der Waals surface area contributed by atoms with Crippen molar-refractivity contribution in [1.82, 2.24) is 10.2 Å². The lowest BCUT2D eigenvalue weighted by Crippen LogP contribution is -2.30. The van der Waals surface area contributed by atoms with Gasteiger partial charge in [0.2, 0.25) is 16.7 Å². The van der Waals surface area contributed by atoms with Crippen LogP contribution in [0.25, 0.3) is 11.0 Å². The normalized spacial score (nSPS) is 17.7. The standard InChI is InChI=1S/C26H16FN3O4S3/c27-16-9-7-14(8-10-16)13-36-26-29-28-25(37-26)30-21(19-6-3-11-35-19)20(23(32)24(30)33)22(31)18-12-15-4-1-2-5-17(15)34-18/h1-12,20-21H,13H2. The third-order valence-corrected chi connectivity index (χ3v) is 9.04. The van der Waals surface area contributed by atoms with Gasteiger partial charge < -0.3 is 4.42 Å². The lowest BCUT2D eigenvalue weighted by molar-refractivity contribution is -0.135. The van der Waals surface area contributed by atoms with E-state index in [2.05, 4.69) is 10.2 Å². The predicted octanol–water partition coefficient (Wildman–Crippen LogP) is 5.93. The highest BCUT2D eigenvalue weighted by atomic mass is 32.2. The van der Waals surface area contributed by atoms with Crippen molar-refractivity contribution in [2.45, 2.75) is 16.1 Å². The zero-order valence-electron chi connectivity index (χ0n) is 18.9. The topological polar surface area (TPSA) is 93.4 Å². The van der Waals surface area contributed by atoms with Gasteiger partial charge in [0.05, 0.1) is 6.04 Å². The minimum absolute atomic E-state index is 0.0311. The zero-order valence-corrected chi connectivity index (χ0v) is 21.3. The summed E-state index contributed by atoms with van der Waals surface area (Å²) in [5.41, 5.74) is 1.43. The average Bonchev–Trinajstić information content (AvgIpc) is 3.70. The number of thiophene rings is 1. The van der Waals surface area contributed by atoms with Crippen LogP contribution in [0.5, 0.6) is 0 Å². The Balaban J connectivity index is 1.31. The maximum absolute atomic E-state index is 13.6. The first-order chi connectivity index (χ1) is 18.0. The number of aromatic nitrogens is 2. The minimum Gasteiger partial charge on any atom is -0.453 e. The molecule has 184 valence electrons. The highest BCUT2D eigenvalue weighted by molar-refractivity contribution is 8.00. The van der Waals surface area contributed by atoms with Crippen molar-refractivity contribution in [3.8, 4) is 0 Å². The molecule has 1 aliphatic heterocycles. The highest BCUT2D eigenvalue weighted by Gasteiger charge is 2.54. The van der Waals surface area contributed by atoms with Crippen LogP contribution in [-0.4, -0.2) is 27.7 Å². The number of anilines is 1. The average molecular weight is 550 g/mol. The second-order valence-corrected chi connectivity index (χ2v) is 11.4. The van der Waals surface area contributed by atoms with Crippen LogP contribution in [0, 0.1) is 11.7 Å². The molecule has 6 rings (SSSR count). The third-order valence-electron chi connectivity index (χ3n) is 5.97. The number of ketones is 2. The molecule has 0 aliphatic carbocycles. The minimum atomic E-state index is -1.27. The molecular formula is C26H16FN3O4S3. The molecular weight excluding hydrogens is 534 g/mol. The maximum Gasteiger partial charge on any atom is 0.297 e. The van der Waals surface area contributed by atoms with Crippen LogP contribution < -0.4 is 4.90 Å². The lowest BCUT2D eigenvalue weighted by atomic mass is 9.92. The number of nitrogens with zero attached hydrogens (tertiary/aromatic N) is 3. The lowest BCUT2D eigenvalue weighted by Gasteiger charge is -2.22. The number of halogens is 1. The van der Waals surface area contributed by atoms with E-state index in [0.717, 1.165) is 22.3 Å². The van der Waals surface area contributed by atoms with Gasteiger partial charge in [-0.3, -0.25) is 19.3 Å². The van der Waals surface area contributed by atoms with Gasteiger partial charge in [-0.15, -0.1) is 21.5 Å². The van der Waals surface area contributed by atoms with Gasteiger partial charge >= 0.3 is 0 Å². The van der Waals surface area contributed by atoms with E-state index >= 15 is 0 Å². The van der Waals surface area contributed by atoms with Crippen molar-refractivity contribution in [2.24, 2.45) is 5.92 Å². The number of carbonyl (C=O) groups excluding carboxylic acids is 3. The summed E-state index contributed by atoms with van der Waals surface area (Å²) in [6.45, 7) is 0. The van der Waals surface area contributed by atoms with Crippen molar-refractivity contribution >= 4 is 68.0 Å². The van der Waals surface area contributed by atoms with Gasteiger partial charge in [0, 0.05) is 16.0 Å². The fraction of sp³-hybridized carbons (Fsp3) is 0.115. The molecule has 0 radical (unpaired) electrons. The summed E-state index contributed by atoms with van der Waals surface area (Å²) in [5.74, 6) is -3.18. The highest BCUT2D eigenvalue weighted by Crippen LogP contribution is 2.44. The van der Waals surface area contributed by atoms with Crippen molar-refractivity contribution in [1.29, 1.82) is 0 Å². The number of amides is 1. The fourth-order valence-electron chi connectivity index (χ4n) is 4.23. The fourth-order valence-corrected chi connectivity index (χ4v) is 6.91. The first-order valence-corrected chi connectivity index (χ1v) is 13.8. The molecule has 2 aromatic carbocycles. The number of furan rings is 1. The summed E-state index contributed by atoms with van der Waals surface area (Å²) in [6.07, 6.45) is 0. The quantitative estimate of drug-likeness (QED) is 0.0816. The maximum atomic E-state index is 13.6. The number of fused-ring (bicyclic) bond motifs is 1. The molecule has 0 N–H and O–H groups in total. The Bertz CT molecular complexity index is 1600. The summed E-state index contributed by atoms with van der Waals surface area (Å²) in [4.78, 5) is 42.0. The van der Waals surface area contributed by atoms with Gasteiger partial charge in [-0.25, -0.2) is 4.39 Å². The first-order valence-electron chi connectivity index (χ1n) is 11.1. The van der Waals surface area contributed by atoms with Gasteiger partial charge in [-0.1, -0.05) is 59.5 Å². The first kappa shape index (κ1) is 23.7. The molecule has 11 heteroatoms. The molecule has 1 fully saturated rings. The summed E-state index contributed by atoms with van der Waals surface area (Å²) in [5, 5.41) is 11.2. The van der Waals surface area contributed by atoms with Gasteiger partial charge in [-0.05, 0) is 41.3 Å². The number of thioether (sulfide) groups is 1. The number of hydrogen-bond acceptors (Lipinski definition) is 9. The van der Waals surface area contributed by atoms with Gasteiger partial charge in [0.15, 0.2) is 10.1 Å². The molecule has 37 heavy (non-hydrogen) atoms. The zero-order chi connectivity index (χ0) is 25.5. The van der Waals surface area contributed by atoms with Crippen LogP contribution in [-0.2, 0) is 15.3 Å². The molecule has 1 amide bonds. The Kier molecular flexibility index (Phi) is 6.19. The second kappa shape index (κ2) is 9.66. The van der Waals surface area contributed by atoms with Crippen LogP contribution in [0.1, 0.15) is 27.0 Å². The van der Waals surface area contributed by atoms with E-state index in [1.165, 1.54) is 40.1 Å². The number of hydrogen-bond donors (Lipinski definition) is 0. The van der Waals surface area contributed by atoms with E-state index in [1.807, 2.05) is 17.5 Å². The smallest absolute Gasteiger partial charge is 0.297 e. The Morgan fingerprint density at radius 1 is 1.05 bits per heavy atom. The van der Waals surface area contributed by atoms with Crippen LogP contribution in [0.4, 0.5) is 9.52 Å². The molecule has 0 bridgehead atoms. The summed E-state index contributed by atoms with van der Waals surface area (Å²) in [7, 11) is 0. The summed E-state index contributed by atoms with van der Waals surface area (Å²) >= 11 is 3.90. The number of Topliss-reactive ketones (excluding diaryl/α,β-unsaturated/α-hetero) is 2. The van der Waals surface area contributed by atoms with Crippen LogP contribution in [0.3, 0.4) is 0 Å². The number of benzene rings is 2. The van der Waals surface area contributed by atoms with E-state index in [4.69, 9.17) is 4.42 Å². The van der Waals surface area contributed by atoms with E-state index in [-0.39, 0.29) is 16.7 Å². The molecule has 7 nitrogen and oxygen atoms in total. The van der Waals surface area contributed by atoms with E-state index < -0.39 is 29.4 Å². The summed E-state index contributed by atoms with van der Waals surface area (Å²) < 4.78 is 19.5. The van der Waals surface area contributed by atoms with Gasteiger partial charge in [0.1, 0.15) is 17.3 Å². The second-order valence-electron chi connectivity index (χ2n) is 8.26. The van der Waals surface area contributed by atoms with Crippen molar-refractivity contribution < 1.29 is 23.2 Å². The van der Waals surface area contributed by atoms with Crippen molar-refractivity contribution in [2.75, 3.05) is 4.90 Å². The van der Waals surface area contributed by atoms with Crippen LogP contribution >= 0.6 is 34.4 Å². The molecule has 0 spiro atoms. The molecule has 2 unspecified atom stereocenters. The third kappa shape index (κ3) is 4.39. The van der Waals surface area contributed by atoms with Crippen molar-refractivity contribution in [3.63, 3.8) is 0 Å². The molecule has 2 atom stereocenters. The van der Waals surface area contributed by atoms with Crippen LogP contribution in [0.2, 0.25) is 0 Å². The van der Waals surface area contributed by atoms with Crippen molar-refractivity contribution in [3.05, 3.63) is 94.1 Å². The van der Waals surface area contributed by atoms with E-state index in [0.29, 0.717) is 20.6 Å². The SMILES string of the molecule is O=C1C(=O)N(c2nnc(SCc3ccc(F)cc3)s2)C(c2cccs2)C1C(=O)c1cc2ccccc2o1. The van der Waals surface area contributed by atoms with Gasteiger partial charge in [-0.2, -0.15) is 0 Å². The predicted molar refractivity (Wildman–Crippen MR) is 139 cm³/mol. The van der Waals surface area contributed by atoms with E-state index in [9.17, 15) is 18.8 Å². The monoisotopic (exact) mass is 549 g/mol. The molecule has 4 heterocycles. The molecule has 5 aromatic rings. The Morgan fingerprint density at radius 2 is 1.86 bits per heavy atom. The van der Waals surface area contributed by atoms with Gasteiger partial charge in [0.25, 0.3) is 5.91 Å². The number of carbonyl (C=O) groups is 3. The Morgan fingerprint density at radius 3 is 2.62 bits per heavy atom. The number of para-hydroxylation sites is 1. The Hall–Kier alpha value is -3.67.